The van der Waals surface area contributed by atoms with E-state index in [1.165, 1.54) is 61.9 Å². The third-order valence-electron chi connectivity index (χ3n) is 6.14. The molecule has 8 rings (SSSR count). The second-order valence-corrected chi connectivity index (χ2v) is 13.8. The summed E-state index contributed by atoms with van der Waals surface area (Å²) in [7, 11) is 0. The Kier molecular flexibility index (Phi) is 3.26. The number of rotatable bonds is 0. The van der Waals surface area contributed by atoms with Gasteiger partial charge >= 0.3 is 195 Å². The van der Waals surface area contributed by atoms with Crippen LogP contribution in [-0.2, 0) is 0 Å². The first kappa shape index (κ1) is 16.7. The first-order valence-corrected chi connectivity index (χ1v) is 14.7. The molecule has 0 saturated carbocycles. The second kappa shape index (κ2) is 5.85. The van der Waals surface area contributed by atoms with Crippen LogP contribution in [-0.4, -0.2) is 20.4 Å². The van der Waals surface area contributed by atoms with Crippen LogP contribution in [0.15, 0.2) is 71.4 Å². The van der Waals surface area contributed by atoms with Crippen LogP contribution in [0, 0.1) is 0 Å². The van der Waals surface area contributed by atoms with Crippen LogP contribution in [0.1, 0.15) is 0 Å². The zero-order valence-corrected chi connectivity index (χ0v) is 20.3. The summed E-state index contributed by atoms with van der Waals surface area (Å²) < 4.78 is 9.03. The monoisotopic (exact) mass is 550 g/mol. The fourth-order valence-corrected chi connectivity index (χ4v) is 11.8. The Balaban J connectivity index is 1.49. The summed E-state index contributed by atoms with van der Waals surface area (Å²) in [6.45, 7) is 0. The van der Waals surface area contributed by atoms with E-state index in [-0.39, 0.29) is 20.4 Å². The van der Waals surface area contributed by atoms with Gasteiger partial charge < -0.3 is 0 Å². The molecule has 140 valence electrons. The third-order valence-corrected chi connectivity index (χ3v) is 12.9. The Labute approximate surface area is 193 Å². The topological polar surface area (TPSA) is 0 Å². The van der Waals surface area contributed by atoms with Gasteiger partial charge in [0.05, 0.1) is 0 Å². The maximum absolute atomic E-state index is 2.48. The molecule has 0 bridgehead atoms. The molecule has 4 aromatic carbocycles. The molecule has 0 spiro atoms. The Morgan fingerprint density at radius 2 is 1.13 bits per heavy atom. The molecular weight excluding hydrogens is 536 g/mol. The van der Waals surface area contributed by atoms with E-state index in [2.05, 4.69) is 71.4 Å². The van der Waals surface area contributed by atoms with E-state index in [0.29, 0.717) is 0 Å². The number of hydrogen-bond donors (Lipinski definition) is 0. The van der Waals surface area contributed by atoms with Crippen molar-refractivity contribution in [2.75, 3.05) is 0 Å². The van der Waals surface area contributed by atoms with Gasteiger partial charge in [-0.05, 0) is 0 Å². The average molecular weight is 548 g/mol. The Morgan fingerprint density at radius 1 is 0.533 bits per heavy atom. The van der Waals surface area contributed by atoms with Crippen LogP contribution >= 0.6 is 34.0 Å². The molecule has 0 N–H and O–H groups in total. The third kappa shape index (κ3) is 2.21. The normalized spacial score (nSPS) is 12.7. The molecule has 30 heavy (non-hydrogen) atoms. The van der Waals surface area contributed by atoms with Crippen molar-refractivity contribution in [3.8, 4) is 0 Å². The zero-order chi connectivity index (χ0) is 19.4. The Morgan fingerprint density at radius 3 is 1.87 bits per heavy atom. The minimum atomic E-state index is -0.352. The van der Waals surface area contributed by atoms with E-state index < -0.39 is 0 Å². The molecule has 0 unspecified atom stereocenters. The molecule has 4 heteroatoms. The molecule has 0 aliphatic rings. The first-order valence-electron chi connectivity index (χ1n) is 9.81. The molecule has 4 heterocycles. The first-order chi connectivity index (χ1) is 14.8. The molecule has 0 amide bonds. The van der Waals surface area contributed by atoms with Crippen molar-refractivity contribution in [1.82, 2.24) is 0 Å². The van der Waals surface area contributed by atoms with Crippen molar-refractivity contribution >= 4 is 123 Å². The summed E-state index contributed by atoms with van der Waals surface area (Å²) in [5.41, 5.74) is 0. The van der Waals surface area contributed by atoms with Crippen molar-refractivity contribution < 1.29 is 0 Å². The standard InChI is InChI=1S/C26H12S3Te/c1-3-27-21-9-17-7-19-23(11-15(17)5-13(1)21)29-25-20-8-18-10-22-14(2-4-28-22)6-16(18)12-24(20)30-26(19)25/h1-12H. The Hall–Kier alpha value is -1.93. The van der Waals surface area contributed by atoms with E-state index >= 15 is 0 Å². The fraction of sp³-hybridized carbons (Fsp3) is 0. The summed E-state index contributed by atoms with van der Waals surface area (Å²) in [6, 6.07) is 23.8. The Bertz CT molecular complexity index is 1810. The van der Waals surface area contributed by atoms with Crippen molar-refractivity contribution in [3.05, 3.63) is 71.4 Å². The van der Waals surface area contributed by atoms with Crippen molar-refractivity contribution in [3.63, 3.8) is 0 Å². The summed E-state index contributed by atoms with van der Waals surface area (Å²) in [5.74, 6) is 0. The van der Waals surface area contributed by atoms with Gasteiger partial charge in [-0.15, -0.1) is 0 Å². The number of hydrogen-bond acceptors (Lipinski definition) is 3. The predicted molar refractivity (Wildman–Crippen MR) is 140 cm³/mol. The van der Waals surface area contributed by atoms with Crippen LogP contribution in [0.3, 0.4) is 0 Å². The molecule has 0 aliphatic carbocycles. The summed E-state index contributed by atoms with van der Waals surface area (Å²) in [4.78, 5) is 0. The van der Waals surface area contributed by atoms with Crippen LogP contribution < -0.4 is 0 Å². The van der Waals surface area contributed by atoms with Crippen molar-refractivity contribution in [1.29, 1.82) is 0 Å². The van der Waals surface area contributed by atoms with E-state index in [1.54, 1.807) is 6.80 Å². The average Bonchev–Trinajstić information content (AvgIpc) is 3.51. The molecule has 0 nitrogen and oxygen atoms in total. The molecular formula is C26H12S3Te. The number of benzene rings is 4. The second-order valence-electron chi connectivity index (χ2n) is 7.87. The molecule has 0 saturated heterocycles. The molecule has 0 aliphatic heterocycles. The summed E-state index contributed by atoms with van der Waals surface area (Å²) in [6.07, 6.45) is 0. The quantitative estimate of drug-likeness (QED) is 0.166. The van der Waals surface area contributed by atoms with E-state index in [0.717, 1.165) is 0 Å². The van der Waals surface area contributed by atoms with Crippen LogP contribution in [0.5, 0.6) is 0 Å². The van der Waals surface area contributed by atoms with E-state index in [9.17, 15) is 0 Å². The number of fused-ring (bicyclic) bond motifs is 9. The molecule has 8 aromatic rings. The van der Waals surface area contributed by atoms with Gasteiger partial charge in [-0.25, -0.2) is 0 Å². The molecule has 4 aromatic heterocycles. The van der Waals surface area contributed by atoms with Crippen molar-refractivity contribution in [2.45, 2.75) is 0 Å². The number of thiophene rings is 3. The molecule has 0 fully saturated rings. The van der Waals surface area contributed by atoms with Gasteiger partial charge in [0.1, 0.15) is 0 Å². The summed E-state index contributed by atoms with van der Waals surface area (Å²) in [5, 5.41) is 15.7. The van der Waals surface area contributed by atoms with Gasteiger partial charge in [0.25, 0.3) is 0 Å². The van der Waals surface area contributed by atoms with Gasteiger partial charge in [0.2, 0.25) is 0 Å². The van der Waals surface area contributed by atoms with Gasteiger partial charge in [0.15, 0.2) is 0 Å². The van der Waals surface area contributed by atoms with Gasteiger partial charge in [0, 0.05) is 0 Å². The molecule has 0 atom stereocenters. The van der Waals surface area contributed by atoms with Crippen molar-refractivity contribution in [2.24, 2.45) is 0 Å². The maximum atomic E-state index is 2.48. The summed E-state index contributed by atoms with van der Waals surface area (Å²) >= 11 is 5.33. The van der Waals surface area contributed by atoms with Crippen LogP contribution in [0.4, 0.5) is 0 Å². The molecule has 0 radical (unpaired) electrons. The minimum absolute atomic E-state index is 0.352. The zero-order valence-electron chi connectivity index (χ0n) is 15.6. The van der Waals surface area contributed by atoms with Crippen LogP contribution in [0.25, 0.3) is 68.7 Å². The van der Waals surface area contributed by atoms with Gasteiger partial charge in [-0.3, -0.25) is 0 Å². The van der Waals surface area contributed by atoms with Gasteiger partial charge in [-0.1, -0.05) is 0 Å². The SMILES string of the molecule is c1cc2cc3cc4[te]c5c6cc7cc8sccc8cc7cc6sc5c4cc3cc2s1. The van der Waals surface area contributed by atoms with E-state index in [4.69, 9.17) is 0 Å². The van der Waals surface area contributed by atoms with E-state index in [1.807, 2.05) is 34.0 Å². The van der Waals surface area contributed by atoms with Crippen LogP contribution in [0.2, 0.25) is 0 Å². The van der Waals surface area contributed by atoms with Gasteiger partial charge in [-0.2, -0.15) is 0 Å². The fourth-order valence-electron chi connectivity index (χ4n) is 4.67. The predicted octanol–water partition coefficient (Wildman–Crippen LogP) is 9.00.